The van der Waals surface area contributed by atoms with Gasteiger partial charge < -0.3 is 0 Å². The molecule has 0 atom stereocenters. The van der Waals surface area contributed by atoms with Crippen molar-refractivity contribution < 1.29 is 14.1 Å². The summed E-state index contributed by atoms with van der Waals surface area (Å²) in [6.45, 7) is 1.32. The van der Waals surface area contributed by atoms with Crippen LogP contribution in [0.15, 0.2) is 36.4 Å². The first kappa shape index (κ1) is 14.1. The van der Waals surface area contributed by atoms with Gasteiger partial charge in [0.2, 0.25) is 0 Å². The van der Waals surface area contributed by atoms with Gasteiger partial charge in [-0.2, -0.15) is 0 Å². The summed E-state index contributed by atoms with van der Waals surface area (Å²) in [5.74, 6) is -0.799. The van der Waals surface area contributed by atoms with Gasteiger partial charge in [-0.15, -0.1) is 0 Å². The summed E-state index contributed by atoms with van der Waals surface area (Å²) in [6, 6.07) is 7.73. The lowest BCUT2D eigenvalue weighted by Gasteiger charge is -2.07. The lowest BCUT2D eigenvalue weighted by molar-refractivity contribution is -0.384. The number of hydrogen-bond acceptors (Lipinski definition) is 3. The largest absolute Gasteiger partial charge is 0.295 e. The molecular formula is C14H9ClFNO3. The zero-order valence-electron chi connectivity index (χ0n) is 10.4. The molecule has 0 bridgehead atoms. The first-order chi connectivity index (χ1) is 9.40. The first-order valence-corrected chi connectivity index (χ1v) is 6.02. The molecular weight excluding hydrogens is 285 g/mol. The van der Waals surface area contributed by atoms with Crippen molar-refractivity contribution in [2.24, 2.45) is 0 Å². The number of Topliss-reactive ketones (excluding diaryl/α,β-unsaturated/α-hetero) is 1. The number of rotatable bonds is 3. The minimum atomic E-state index is -0.596. The lowest BCUT2D eigenvalue weighted by atomic mass is 10.0. The Morgan fingerprint density at radius 2 is 1.85 bits per heavy atom. The summed E-state index contributed by atoms with van der Waals surface area (Å²) in [7, 11) is 0. The monoisotopic (exact) mass is 293 g/mol. The summed E-state index contributed by atoms with van der Waals surface area (Å²) in [5.41, 5.74) is 0.574. The Balaban J connectivity index is 2.67. The predicted octanol–water partition coefficient (Wildman–Crippen LogP) is 4.26. The SMILES string of the molecule is CC(=O)c1ccc(-c2ccc(F)cc2Cl)c([N+](=O)[O-])c1. The Bertz CT molecular complexity index is 716. The van der Waals surface area contributed by atoms with Crippen molar-refractivity contribution in [3.05, 3.63) is 62.9 Å². The molecule has 0 saturated carbocycles. The fourth-order valence-corrected chi connectivity index (χ4v) is 2.11. The van der Waals surface area contributed by atoms with Gasteiger partial charge in [-0.3, -0.25) is 14.9 Å². The molecule has 2 rings (SSSR count). The number of nitrogens with zero attached hydrogens (tertiary/aromatic N) is 1. The maximum absolute atomic E-state index is 13.0. The standard InChI is InChI=1S/C14H9ClFNO3/c1-8(18)9-2-4-12(14(6-9)17(19)20)11-5-3-10(16)7-13(11)15/h2-7H,1H3. The maximum Gasteiger partial charge on any atom is 0.277 e. The fourth-order valence-electron chi connectivity index (χ4n) is 1.84. The molecule has 0 aromatic heterocycles. The molecule has 6 heteroatoms. The number of ketones is 1. The quantitative estimate of drug-likeness (QED) is 0.482. The molecule has 0 fully saturated rings. The van der Waals surface area contributed by atoms with Crippen molar-refractivity contribution in [2.45, 2.75) is 6.92 Å². The van der Waals surface area contributed by atoms with Crippen LogP contribution in [-0.4, -0.2) is 10.7 Å². The van der Waals surface area contributed by atoms with E-state index in [0.717, 1.165) is 6.07 Å². The van der Waals surface area contributed by atoms with E-state index in [1.54, 1.807) is 0 Å². The number of carbonyl (C=O) groups excluding carboxylic acids is 1. The van der Waals surface area contributed by atoms with Gasteiger partial charge in [0, 0.05) is 17.2 Å². The molecule has 20 heavy (non-hydrogen) atoms. The van der Waals surface area contributed by atoms with E-state index in [9.17, 15) is 19.3 Å². The highest BCUT2D eigenvalue weighted by Crippen LogP contribution is 2.35. The van der Waals surface area contributed by atoms with Crippen LogP contribution in [0.1, 0.15) is 17.3 Å². The lowest BCUT2D eigenvalue weighted by Crippen LogP contribution is -1.98. The van der Waals surface area contributed by atoms with Gasteiger partial charge >= 0.3 is 0 Å². The summed E-state index contributed by atoms with van der Waals surface area (Å²) >= 11 is 5.91. The molecule has 0 radical (unpaired) electrons. The van der Waals surface area contributed by atoms with Crippen molar-refractivity contribution in [1.82, 2.24) is 0 Å². The number of nitro benzene ring substituents is 1. The summed E-state index contributed by atoms with van der Waals surface area (Å²) in [6.07, 6.45) is 0. The molecule has 0 N–H and O–H groups in total. The smallest absolute Gasteiger partial charge is 0.277 e. The van der Waals surface area contributed by atoms with Gasteiger partial charge in [0.15, 0.2) is 5.78 Å². The Morgan fingerprint density at radius 1 is 1.20 bits per heavy atom. The third-order valence-corrected chi connectivity index (χ3v) is 3.13. The molecule has 0 spiro atoms. The molecule has 4 nitrogen and oxygen atoms in total. The minimum absolute atomic E-state index is 0.0728. The molecule has 0 amide bonds. The third kappa shape index (κ3) is 2.67. The van der Waals surface area contributed by atoms with E-state index in [0.29, 0.717) is 5.56 Å². The van der Waals surface area contributed by atoms with E-state index in [1.165, 1.54) is 37.3 Å². The molecule has 2 aromatic rings. The Labute approximate surface area is 119 Å². The molecule has 0 saturated heterocycles. The van der Waals surface area contributed by atoms with E-state index < -0.39 is 10.7 Å². The molecule has 0 aliphatic rings. The van der Waals surface area contributed by atoms with Crippen molar-refractivity contribution in [2.75, 3.05) is 0 Å². The number of hydrogen-bond donors (Lipinski definition) is 0. The van der Waals surface area contributed by atoms with Crippen LogP contribution >= 0.6 is 11.6 Å². The van der Waals surface area contributed by atoms with Gasteiger partial charge in [-0.25, -0.2) is 4.39 Å². The molecule has 2 aromatic carbocycles. The highest BCUT2D eigenvalue weighted by molar-refractivity contribution is 6.33. The number of benzene rings is 2. The van der Waals surface area contributed by atoms with E-state index in [1.807, 2.05) is 0 Å². The Kier molecular flexibility index (Phi) is 3.81. The number of halogens is 2. The van der Waals surface area contributed by atoms with E-state index in [2.05, 4.69) is 0 Å². The second-order valence-corrected chi connectivity index (χ2v) is 4.58. The zero-order chi connectivity index (χ0) is 14.9. The van der Waals surface area contributed by atoms with Crippen LogP contribution < -0.4 is 0 Å². The number of carbonyl (C=O) groups is 1. The second-order valence-electron chi connectivity index (χ2n) is 4.17. The van der Waals surface area contributed by atoms with Crippen LogP contribution in [-0.2, 0) is 0 Å². The highest BCUT2D eigenvalue weighted by Gasteiger charge is 2.19. The van der Waals surface area contributed by atoms with Crippen molar-refractivity contribution >= 4 is 23.1 Å². The molecule has 0 aliphatic carbocycles. The predicted molar refractivity (Wildman–Crippen MR) is 73.5 cm³/mol. The van der Waals surface area contributed by atoms with Gasteiger partial charge in [0.25, 0.3) is 5.69 Å². The van der Waals surface area contributed by atoms with Gasteiger partial charge in [-0.05, 0) is 31.2 Å². The molecule has 102 valence electrons. The van der Waals surface area contributed by atoms with E-state index in [-0.39, 0.29) is 27.6 Å². The van der Waals surface area contributed by atoms with Gasteiger partial charge in [-0.1, -0.05) is 17.7 Å². The van der Waals surface area contributed by atoms with E-state index in [4.69, 9.17) is 11.6 Å². The Morgan fingerprint density at radius 3 is 2.40 bits per heavy atom. The second kappa shape index (κ2) is 5.38. The topological polar surface area (TPSA) is 60.2 Å². The fraction of sp³-hybridized carbons (Fsp3) is 0.0714. The van der Waals surface area contributed by atoms with Crippen molar-refractivity contribution in [1.29, 1.82) is 0 Å². The highest BCUT2D eigenvalue weighted by atomic mass is 35.5. The summed E-state index contributed by atoms with van der Waals surface area (Å²) < 4.78 is 13.0. The van der Waals surface area contributed by atoms with E-state index >= 15 is 0 Å². The Hall–Kier alpha value is -2.27. The van der Waals surface area contributed by atoms with Crippen LogP contribution in [0.2, 0.25) is 5.02 Å². The molecule has 0 heterocycles. The third-order valence-electron chi connectivity index (χ3n) is 2.82. The molecule has 0 unspecified atom stereocenters. The van der Waals surface area contributed by atoms with Gasteiger partial charge in [0.05, 0.1) is 15.5 Å². The van der Waals surface area contributed by atoms with Crippen LogP contribution in [0.5, 0.6) is 0 Å². The normalized spacial score (nSPS) is 10.3. The number of nitro groups is 1. The van der Waals surface area contributed by atoms with Crippen molar-refractivity contribution in [3.63, 3.8) is 0 Å². The van der Waals surface area contributed by atoms with Crippen LogP contribution in [0.3, 0.4) is 0 Å². The van der Waals surface area contributed by atoms with Crippen LogP contribution in [0, 0.1) is 15.9 Å². The van der Waals surface area contributed by atoms with Crippen molar-refractivity contribution in [3.8, 4) is 11.1 Å². The summed E-state index contributed by atoms with van der Waals surface area (Å²) in [4.78, 5) is 21.8. The molecule has 0 aliphatic heterocycles. The van der Waals surface area contributed by atoms with Gasteiger partial charge in [0.1, 0.15) is 5.82 Å². The maximum atomic E-state index is 13.0. The van der Waals surface area contributed by atoms with Crippen LogP contribution in [0.4, 0.5) is 10.1 Å². The summed E-state index contributed by atoms with van der Waals surface area (Å²) in [5, 5.41) is 11.2. The average molecular weight is 294 g/mol. The minimum Gasteiger partial charge on any atom is -0.295 e. The van der Waals surface area contributed by atoms with Crippen LogP contribution in [0.25, 0.3) is 11.1 Å². The zero-order valence-corrected chi connectivity index (χ0v) is 11.1. The first-order valence-electron chi connectivity index (χ1n) is 5.65. The average Bonchev–Trinajstić information content (AvgIpc) is 2.38.